The number of halogens is 1. The molecule has 0 saturated heterocycles. The van der Waals surface area contributed by atoms with Crippen molar-refractivity contribution in [2.75, 3.05) is 41.1 Å². The highest BCUT2D eigenvalue weighted by Gasteiger charge is 2.24. The molecule has 1 unspecified atom stereocenters. The van der Waals surface area contributed by atoms with Crippen molar-refractivity contribution in [2.24, 2.45) is 0 Å². The van der Waals surface area contributed by atoms with E-state index < -0.39 is 0 Å². The predicted octanol–water partition coefficient (Wildman–Crippen LogP) is 3.04. The molecule has 1 heterocycles. The summed E-state index contributed by atoms with van der Waals surface area (Å²) in [6.45, 7) is 1.60. The van der Waals surface area contributed by atoms with E-state index in [0.717, 1.165) is 8.68 Å². The van der Waals surface area contributed by atoms with Gasteiger partial charge in [0.05, 0.1) is 29.8 Å². The van der Waals surface area contributed by atoms with Crippen LogP contribution in [0.4, 0.5) is 0 Å². The zero-order valence-electron chi connectivity index (χ0n) is 12.3. The molecule has 0 N–H and O–H groups in total. The van der Waals surface area contributed by atoms with Gasteiger partial charge in [-0.3, -0.25) is 9.63 Å². The van der Waals surface area contributed by atoms with Crippen LogP contribution in [-0.4, -0.2) is 57.3 Å². The Morgan fingerprint density at radius 3 is 2.76 bits per heavy atom. The number of carbonyl (C=O) groups excluding carboxylic acids is 1. The molecule has 1 rings (SSSR count). The Balaban J connectivity index is 2.57. The molecule has 1 amide bonds. The number of hydroxylamine groups is 2. The molecule has 0 spiro atoms. The van der Waals surface area contributed by atoms with Gasteiger partial charge in [0.25, 0.3) is 5.91 Å². The number of nitrogens with zero attached hydrogens (tertiary/aromatic N) is 1. The Hall–Kier alpha value is -0.120. The van der Waals surface area contributed by atoms with Crippen LogP contribution in [-0.2, 0) is 19.1 Å². The summed E-state index contributed by atoms with van der Waals surface area (Å²) in [6, 6.07) is 1.98. The molecule has 0 aromatic carbocycles. The van der Waals surface area contributed by atoms with Crippen LogP contribution >= 0.6 is 39.0 Å². The average molecular weight is 398 g/mol. The highest BCUT2D eigenvalue weighted by atomic mass is 79.9. The summed E-state index contributed by atoms with van der Waals surface area (Å²) >= 11 is 6.62. The van der Waals surface area contributed by atoms with E-state index in [0.29, 0.717) is 26.2 Å². The predicted molar refractivity (Wildman–Crippen MR) is 88.8 cm³/mol. The van der Waals surface area contributed by atoms with Gasteiger partial charge in [-0.1, -0.05) is 0 Å². The van der Waals surface area contributed by atoms with Gasteiger partial charge >= 0.3 is 0 Å². The largest absolute Gasteiger partial charge is 0.382 e. The molecule has 0 fully saturated rings. The SMILES string of the molecule is COCCOCCC(Sc1sccc1Br)C(=O)N(C)OC. The molecule has 1 aromatic heterocycles. The molecule has 0 aliphatic heterocycles. The first kappa shape index (κ1) is 18.9. The fourth-order valence-electron chi connectivity index (χ4n) is 1.45. The third-order valence-electron chi connectivity index (χ3n) is 2.65. The molecule has 0 aliphatic rings. The zero-order chi connectivity index (χ0) is 15.7. The van der Waals surface area contributed by atoms with Crippen LogP contribution in [0, 0.1) is 0 Å². The maximum Gasteiger partial charge on any atom is 0.259 e. The summed E-state index contributed by atoms with van der Waals surface area (Å²) < 4.78 is 12.5. The summed E-state index contributed by atoms with van der Waals surface area (Å²) in [5, 5.41) is 3.00. The lowest BCUT2D eigenvalue weighted by molar-refractivity contribution is -0.168. The molecule has 1 aromatic rings. The van der Waals surface area contributed by atoms with Crippen molar-refractivity contribution in [1.82, 2.24) is 5.06 Å². The van der Waals surface area contributed by atoms with Gasteiger partial charge in [-0.25, -0.2) is 5.06 Å². The molecule has 8 heteroatoms. The van der Waals surface area contributed by atoms with Crippen LogP contribution < -0.4 is 0 Å². The Morgan fingerprint density at radius 1 is 1.43 bits per heavy atom. The second-order valence-corrected chi connectivity index (χ2v) is 7.32. The van der Waals surface area contributed by atoms with E-state index in [4.69, 9.17) is 14.3 Å². The van der Waals surface area contributed by atoms with E-state index in [1.807, 2.05) is 11.4 Å². The second-order valence-electron chi connectivity index (χ2n) is 4.07. The normalized spacial score (nSPS) is 12.4. The Kier molecular flexibility index (Phi) is 9.54. The standard InChI is InChI=1S/C13H20BrNO4S2/c1-15(18-3)12(16)11(4-6-19-8-7-17-2)21-13-10(14)5-9-20-13/h5,9,11H,4,6-8H2,1-3H3. The van der Waals surface area contributed by atoms with Crippen LogP contribution in [0.2, 0.25) is 0 Å². The van der Waals surface area contributed by atoms with Crippen LogP contribution in [0.1, 0.15) is 6.42 Å². The smallest absolute Gasteiger partial charge is 0.259 e. The third kappa shape index (κ3) is 6.66. The van der Waals surface area contributed by atoms with Crippen LogP contribution in [0.25, 0.3) is 0 Å². The van der Waals surface area contributed by atoms with Gasteiger partial charge in [0.2, 0.25) is 0 Å². The summed E-state index contributed by atoms with van der Waals surface area (Å²) in [4.78, 5) is 17.3. The van der Waals surface area contributed by atoms with Gasteiger partial charge < -0.3 is 9.47 Å². The van der Waals surface area contributed by atoms with E-state index in [-0.39, 0.29) is 11.2 Å². The Morgan fingerprint density at radius 2 is 2.19 bits per heavy atom. The number of amides is 1. The minimum Gasteiger partial charge on any atom is -0.382 e. The van der Waals surface area contributed by atoms with Gasteiger partial charge in [-0.15, -0.1) is 23.1 Å². The van der Waals surface area contributed by atoms with Gasteiger partial charge in [-0.2, -0.15) is 0 Å². The van der Waals surface area contributed by atoms with Crippen LogP contribution in [0.3, 0.4) is 0 Å². The van der Waals surface area contributed by atoms with Crippen molar-refractivity contribution in [3.05, 3.63) is 15.9 Å². The average Bonchev–Trinajstić information content (AvgIpc) is 2.89. The Bertz CT molecular complexity index is 430. The number of ether oxygens (including phenoxy) is 2. The molecule has 0 aliphatic carbocycles. The number of carbonyl (C=O) groups is 1. The van der Waals surface area contributed by atoms with Crippen LogP contribution in [0.5, 0.6) is 0 Å². The monoisotopic (exact) mass is 397 g/mol. The molecule has 1 atom stereocenters. The summed E-state index contributed by atoms with van der Waals surface area (Å²) in [5.74, 6) is -0.0712. The van der Waals surface area contributed by atoms with E-state index in [9.17, 15) is 4.79 Å². The van der Waals surface area contributed by atoms with Crippen molar-refractivity contribution in [1.29, 1.82) is 0 Å². The fourth-order valence-corrected chi connectivity index (χ4v) is 4.47. The molecule has 5 nitrogen and oxygen atoms in total. The lowest BCUT2D eigenvalue weighted by atomic mass is 10.3. The number of rotatable bonds is 10. The zero-order valence-corrected chi connectivity index (χ0v) is 15.6. The lowest BCUT2D eigenvalue weighted by Gasteiger charge is -2.21. The minimum absolute atomic E-state index is 0.0712. The minimum atomic E-state index is -0.243. The lowest BCUT2D eigenvalue weighted by Crippen LogP contribution is -2.34. The summed E-state index contributed by atoms with van der Waals surface area (Å²) in [6.07, 6.45) is 0.616. The van der Waals surface area contributed by atoms with E-state index in [2.05, 4.69) is 15.9 Å². The first-order chi connectivity index (χ1) is 10.1. The quantitative estimate of drug-likeness (QED) is 0.345. The van der Waals surface area contributed by atoms with Crippen molar-refractivity contribution >= 4 is 44.9 Å². The van der Waals surface area contributed by atoms with E-state index >= 15 is 0 Å². The number of thioether (sulfide) groups is 1. The molecule has 21 heavy (non-hydrogen) atoms. The maximum atomic E-state index is 12.3. The van der Waals surface area contributed by atoms with Crippen molar-refractivity contribution < 1.29 is 19.1 Å². The molecule has 120 valence electrons. The van der Waals surface area contributed by atoms with E-state index in [1.165, 1.54) is 23.9 Å². The number of hydrogen-bond donors (Lipinski definition) is 0. The van der Waals surface area contributed by atoms with Crippen molar-refractivity contribution in [3.8, 4) is 0 Å². The van der Waals surface area contributed by atoms with Gasteiger partial charge in [-0.05, 0) is 33.8 Å². The van der Waals surface area contributed by atoms with Crippen molar-refractivity contribution in [2.45, 2.75) is 15.9 Å². The van der Waals surface area contributed by atoms with E-state index in [1.54, 1.807) is 25.5 Å². The number of thiophene rings is 1. The third-order valence-corrected chi connectivity index (χ3v) is 6.27. The summed E-state index contributed by atoms with van der Waals surface area (Å²) in [7, 11) is 4.73. The van der Waals surface area contributed by atoms with Crippen molar-refractivity contribution in [3.63, 3.8) is 0 Å². The first-order valence-corrected chi connectivity index (χ1v) is 8.93. The number of methoxy groups -OCH3 is 1. The Labute approximate surface area is 142 Å². The topological polar surface area (TPSA) is 48.0 Å². The van der Waals surface area contributed by atoms with Crippen LogP contribution in [0.15, 0.2) is 20.1 Å². The highest BCUT2D eigenvalue weighted by molar-refractivity contribution is 9.10. The molecular weight excluding hydrogens is 378 g/mol. The van der Waals surface area contributed by atoms with Gasteiger partial charge in [0.1, 0.15) is 0 Å². The molecular formula is C13H20BrNO4S2. The molecule has 0 saturated carbocycles. The fraction of sp³-hybridized carbons (Fsp3) is 0.615. The molecule has 0 bridgehead atoms. The van der Waals surface area contributed by atoms with Gasteiger partial charge in [0.15, 0.2) is 0 Å². The summed E-state index contributed by atoms with van der Waals surface area (Å²) in [5.41, 5.74) is 0. The van der Waals surface area contributed by atoms with Gasteiger partial charge in [0, 0.05) is 25.2 Å². The maximum absolute atomic E-state index is 12.3. The highest BCUT2D eigenvalue weighted by Crippen LogP contribution is 2.37. The molecule has 0 radical (unpaired) electrons. The first-order valence-electron chi connectivity index (χ1n) is 6.38. The number of hydrogen-bond acceptors (Lipinski definition) is 6. The second kappa shape index (κ2) is 10.6.